The smallest absolute Gasteiger partial charge is 0.349 e. The van der Waals surface area contributed by atoms with E-state index in [9.17, 15) is 18.0 Å². The summed E-state index contributed by atoms with van der Waals surface area (Å²) in [6, 6.07) is 0. The highest BCUT2D eigenvalue weighted by molar-refractivity contribution is 5.90. The third kappa shape index (κ3) is 3.96. The number of amides is 1. The van der Waals surface area contributed by atoms with E-state index in [0.29, 0.717) is 5.82 Å². The number of carbonyl (C=O) groups excluding carboxylic acids is 1. The van der Waals surface area contributed by atoms with E-state index in [1.54, 1.807) is 6.92 Å². The van der Waals surface area contributed by atoms with Gasteiger partial charge in [-0.1, -0.05) is 0 Å². The predicted molar refractivity (Wildman–Crippen MR) is 44.1 cm³/mol. The Morgan fingerprint density at radius 3 is 2.67 bits per heavy atom. The van der Waals surface area contributed by atoms with Gasteiger partial charge in [0.2, 0.25) is 5.82 Å². The maximum absolute atomic E-state index is 11.7. The number of aromatic nitrogens is 3. The second-order valence-corrected chi connectivity index (χ2v) is 2.87. The molecule has 84 valence electrons. The molecule has 5 nitrogen and oxygen atoms in total. The van der Waals surface area contributed by atoms with Crippen LogP contribution in [0.25, 0.3) is 0 Å². The van der Waals surface area contributed by atoms with Crippen LogP contribution in [0.1, 0.15) is 22.9 Å². The summed E-state index contributed by atoms with van der Waals surface area (Å²) >= 11 is 0. The highest BCUT2D eigenvalue weighted by Crippen LogP contribution is 2.18. The molecule has 1 rings (SSSR count). The first kappa shape index (κ1) is 11.5. The molecule has 0 unspecified atom stereocenters. The van der Waals surface area contributed by atoms with Gasteiger partial charge in [-0.15, -0.1) is 5.10 Å². The molecule has 1 aromatic rings. The van der Waals surface area contributed by atoms with Gasteiger partial charge in [0.05, 0.1) is 6.42 Å². The summed E-state index contributed by atoms with van der Waals surface area (Å²) in [5.41, 5.74) is 0. The summed E-state index contributed by atoms with van der Waals surface area (Å²) in [6.45, 7) is 1.11. The van der Waals surface area contributed by atoms with Gasteiger partial charge in [-0.3, -0.25) is 9.89 Å². The van der Waals surface area contributed by atoms with Crippen molar-refractivity contribution in [3.8, 4) is 0 Å². The molecule has 8 heteroatoms. The van der Waals surface area contributed by atoms with Crippen molar-refractivity contribution in [3.63, 3.8) is 0 Å². The van der Waals surface area contributed by atoms with Crippen molar-refractivity contribution in [2.24, 2.45) is 0 Å². The molecule has 1 heterocycles. The van der Waals surface area contributed by atoms with Crippen LogP contribution in [0.5, 0.6) is 0 Å². The summed E-state index contributed by atoms with van der Waals surface area (Å²) < 4.78 is 35.2. The molecule has 0 spiro atoms. The monoisotopic (exact) mass is 222 g/mol. The maximum Gasteiger partial charge on any atom is 0.390 e. The molecular weight excluding hydrogens is 213 g/mol. The van der Waals surface area contributed by atoms with Gasteiger partial charge in [-0.2, -0.15) is 13.2 Å². The minimum absolute atomic E-state index is 0.158. The van der Waals surface area contributed by atoms with Crippen LogP contribution >= 0.6 is 0 Å². The standard InChI is InChI=1S/C7H9F3N4O/c1-4-12-5(14-13-4)6(15)11-3-2-7(8,9)10/h2-3H2,1H3,(H,11,15)(H,12,13,14). The van der Waals surface area contributed by atoms with E-state index in [2.05, 4.69) is 20.5 Å². The summed E-state index contributed by atoms with van der Waals surface area (Å²) in [6.07, 6.45) is -5.34. The fourth-order valence-corrected chi connectivity index (χ4v) is 0.841. The highest BCUT2D eigenvalue weighted by Gasteiger charge is 2.26. The zero-order chi connectivity index (χ0) is 11.5. The van der Waals surface area contributed by atoms with Crippen LogP contribution in [0, 0.1) is 6.92 Å². The number of hydrogen-bond donors (Lipinski definition) is 2. The Morgan fingerprint density at radius 2 is 2.20 bits per heavy atom. The van der Waals surface area contributed by atoms with E-state index in [0.717, 1.165) is 0 Å². The molecule has 0 bridgehead atoms. The van der Waals surface area contributed by atoms with E-state index < -0.39 is 25.0 Å². The Hall–Kier alpha value is -1.60. The van der Waals surface area contributed by atoms with Gasteiger partial charge in [-0.05, 0) is 6.92 Å². The maximum atomic E-state index is 11.7. The van der Waals surface area contributed by atoms with Crippen LogP contribution in [0.2, 0.25) is 0 Å². The Balaban J connectivity index is 2.37. The lowest BCUT2D eigenvalue weighted by atomic mass is 10.4. The number of halogens is 3. The number of hydrogen-bond acceptors (Lipinski definition) is 3. The van der Waals surface area contributed by atoms with Gasteiger partial charge in [0.1, 0.15) is 5.82 Å². The summed E-state index contributed by atoms with van der Waals surface area (Å²) in [4.78, 5) is 14.8. The third-order valence-corrected chi connectivity index (χ3v) is 1.49. The Kier molecular flexibility index (Phi) is 3.28. The molecule has 0 saturated heterocycles. The molecule has 0 aliphatic carbocycles. The molecule has 1 amide bonds. The van der Waals surface area contributed by atoms with Crippen LogP contribution in [-0.4, -0.2) is 33.8 Å². The molecule has 15 heavy (non-hydrogen) atoms. The van der Waals surface area contributed by atoms with Gasteiger partial charge < -0.3 is 5.32 Å². The number of aromatic amines is 1. The normalized spacial score (nSPS) is 11.5. The lowest BCUT2D eigenvalue weighted by molar-refractivity contribution is -0.133. The van der Waals surface area contributed by atoms with Crippen LogP contribution in [-0.2, 0) is 0 Å². The summed E-state index contributed by atoms with van der Waals surface area (Å²) in [5, 5.41) is 7.98. The van der Waals surface area contributed by atoms with E-state index in [4.69, 9.17) is 0 Å². The molecule has 0 radical (unpaired) electrons. The number of H-pyrrole nitrogens is 1. The highest BCUT2D eigenvalue weighted by atomic mass is 19.4. The fraction of sp³-hybridized carbons (Fsp3) is 0.571. The Labute approximate surface area is 83.1 Å². The Morgan fingerprint density at radius 1 is 1.53 bits per heavy atom. The molecule has 1 aromatic heterocycles. The third-order valence-electron chi connectivity index (χ3n) is 1.49. The molecule has 0 saturated carbocycles. The van der Waals surface area contributed by atoms with Crippen molar-refractivity contribution < 1.29 is 18.0 Å². The van der Waals surface area contributed by atoms with Crippen molar-refractivity contribution in [1.29, 1.82) is 0 Å². The van der Waals surface area contributed by atoms with Crippen molar-refractivity contribution in [1.82, 2.24) is 20.5 Å². The molecule has 0 aliphatic rings. The number of alkyl halides is 3. The van der Waals surface area contributed by atoms with Gasteiger partial charge in [0, 0.05) is 6.54 Å². The number of aryl methyl sites for hydroxylation is 1. The second-order valence-electron chi connectivity index (χ2n) is 2.87. The van der Waals surface area contributed by atoms with Gasteiger partial charge in [-0.25, -0.2) is 4.98 Å². The minimum Gasteiger partial charge on any atom is -0.349 e. The molecule has 0 aliphatic heterocycles. The number of rotatable bonds is 3. The Bertz CT molecular complexity index is 346. The largest absolute Gasteiger partial charge is 0.390 e. The van der Waals surface area contributed by atoms with Crippen molar-refractivity contribution >= 4 is 5.91 Å². The first-order valence-corrected chi connectivity index (χ1v) is 4.12. The fourth-order valence-electron chi connectivity index (χ4n) is 0.841. The molecular formula is C7H9F3N4O. The number of carbonyl (C=O) groups is 1. The second kappa shape index (κ2) is 4.28. The topological polar surface area (TPSA) is 70.7 Å². The van der Waals surface area contributed by atoms with Crippen molar-refractivity contribution in [2.45, 2.75) is 19.5 Å². The first-order valence-electron chi connectivity index (χ1n) is 4.12. The molecule has 0 aromatic carbocycles. The number of nitrogens with one attached hydrogen (secondary N) is 2. The summed E-state index contributed by atoms with van der Waals surface area (Å²) in [7, 11) is 0. The van der Waals surface area contributed by atoms with Gasteiger partial charge >= 0.3 is 6.18 Å². The van der Waals surface area contributed by atoms with Crippen LogP contribution in [0.15, 0.2) is 0 Å². The van der Waals surface area contributed by atoms with E-state index in [1.165, 1.54) is 0 Å². The van der Waals surface area contributed by atoms with Crippen molar-refractivity contribution in [2.75, 3.05) is 6.54 Å². The van der Waals surface area contributed by atoms with Gasteiger partial charge in [0.15, 0.2) is 0 Å². The molecule has 0 atom stereocenters. The number of nitrogens with zero attached hydrogens (tertiary/aromatic N) is 2. The average molecular weight is 222 g/mol. The minimum atomic E-state index is -4.28. The van der Waals surface area contributed by atoms with Crippen LogP contribution in [0.4, 0.5) is 13.2 Å². The van der Waals surface area contributed by atoms with E-state index in [-0.39, 0.29) is 5.82 Å². The molecule has 0 fully saturated rings. The zero-order valence-electron chi connectivity index (χ0n) is 7.85. The lowest BCUT2D eigenvalue weighted by Gasteiger charge is -2.05. The van der Waals surface area contributed by atoms with Crippen LogP contribution < -0.4 is 5.32 Å². The SMILES string of the molecule is Cc1nc(C(=O)NCCC(F)(F)F)n[nH]1. The van der Waals surface area contributed by atoms with Crippen molar-refractivity contribution in [3.05, 3.63) is 11.6 Å². The van der Waals surface area contributed by atoms with E-state index >= 15 is 0 Å². The predicted octanol–water partition coefficient (Wildman–Crippen LogP) is 0.795. The van der Waals surface area contributed by atoms with E-state index in [1.807, 2.05) is 0 Å². The van der Waals surface area contributed by atoms with Crippen LogP contribution in [0.3, 0.4) is 0 Å². The first-order chi connectivity index (χ1) is 6.88. The van der Waals surface area contributed by atoms with Gasteiger partial charge in [0.25, 0.3) is 5.91 Å². The molecule has 2 N–H and O–H groups in total. The quantitative estimate of drug-likeness (QED) is 0.794. The summed E-state index contributed by atoms with van der Waals surface area (Å²) in [5.74, 6) is -0.450. The average Bonchev–Trinajstić information content (AvgIpc) is 2.49. The zero-order valence-corrected chi connectivity index (χ0v) is 7.85. The lowest BCUT2D eigenvalue weighted by Crippen LogP contribution is -2.28.